The first-order chi connectivity index (χ1) is 16.4. The first-order valence-corrected chi connectivity index (χ1v) is 10.7. The predicted octanol–water partition coefficient (Wildman–Crippen LogP) is 3.26. The van der Waals surface area contributed by atoms with Gasteiger partial charge in [0, 0.05) is 42.3 Å². The van der Waals surface area contributed by atoms with E-state index in [1.807, 2.05) is 0 Å². The number of halogens is 2. The van der Waals surface area contributed by atoms with Crippen molar-refractivity contribution in [2.75, 3.05) is 13.7 Å². The molecule has 1 aromatic heterocycles. The minimum Gasteiger partial charge on any atom is -0.436 e. The number of hydrogen-bond donors (Lipinski definition) is 1. The molecule has 0 radical (unpaired) electrons. The van der Waals surface area contributed by atoms with Gasteiger partial charge in [0.15, 0.2) is 0 Å². The number of aliphatic hydroxyl groups excluding tert-OH is 1. The second kappa shape index (κ2) is 8.52. The second-order valence-electron chi connectivity index (χ2n) is 8.24. The van der Waals surface area contributed by atoms with Crippen LogP contribution < -0.4 is 0 Å². The van der Waals surface area contributed by atoms with Gasteiger partial charge < -0.3 is 14.7 Å². The van der Waals surface area contributed by atoms with Crippen molar-refractivity contribution < 1.29 is 28.3 Å². The molecule has 174 valence electrons. The van der Waals surface area contributed by atoms with Crippen molar-refractivity contribution in [1.29, 1.82) is 5.26 Å². The lowest BCUT2D eigenvalue weighted by Crippen LogP contribution is -2.34. The van der Waals surface area contributed by atoms with Crippen molar-refractivity contribution in [2.24, 2.45) is 0 Å². The topological polar surface area (TPSA) is 101 Å². The molecule has 2 atom stereocenters. The van der Waals surface area contributed by atoms with E-state index in [-0.39, 0.29) is 18.5 Å². The Balaban J connectivity index is 1.65. The minimum absolute atomic E-state index is 0.0393. The molecule has 3 aromatic rings. The van der Waals surface area contributed by atoms with Crippen LogP contribution in [0, 0.1) is 23.0 Å². The summed E-state index contributed by atoms with van der Waals surface area (Å²) in [5.41, 5.74) is 3.72. The highest BCUT2D eigenvalue weighted by Gasteiger charge is 2.39. The SMILES string of the molecule is COC(=O)ON1CCc2c(c(-c3cccc(C#N)c3)nn2[C@@H]2c3cc(F)cc(F)c3C[C@H]2O)C1. The summed E-state index contributed by atoms with van der Waals surface area (Å²) in [7, 11) is 1.21. The van der Waals surface area contributed by atoms with Crippen molar-refractivity contribution in [3.63, 3.8) is 0 Å². The average Bonchev–Trinajstić information content (AvgIpc) is 3.35. The molecule has 1 aliphatic carbocycles. The Kier molecular flexibility index (Phi) is 5.51. The summed E-state index contributed by atoms with van der Waals surface area (Å²) in [4.78, 5) is 16.9. The molecule has 5 rings (SSSR count). The van der Waals surface area contributed by atoms with Crippen molar-refractivity contribution in [3.05, 3.63) is 76.0 Å². The summed E-state index contributed by atoms with van der Waals surface area (Å²) in [5, 5.41) is 26.4. The Labute approximate surface area is 193 Å². The number of benzene rings is 2. The molecule has 2 aliphatic rings. The molecule has 8 nitrogen and oxygen atoms in total. The van der Waals surface area contributed by atoms with Crippen LogP contribution in [0.25, 0.3) is 11.3 Å². The molecule has 0 bridgehead atoms. The number of carbonyl (C=O) groups excluding carboxylic acids is 1. The van der Waals surface area contributed by atoms with Gasteiger partial charge >= 0.3 is 6.16 Å². The Morgan fingerprint density at radius 1 is 1.26 bits per heavy atom. The molecule has 0 spiro atoms. The van der Waals surface area contributed by atoms with E-state index in [0.29, 0.717) is 35.3 Å². The highest BCUT2D eigenvalue weighted by Crippen LogP contribution is 2.40. The molecule has 10 heteroatoms. The third kappa shape index (κ3) is 3.69. The fourth-order valence-electron chi connectivity index (χ4n) is 4.77. The average molecular weight is 466 g/mol. The van der Waals surface area contributed by atoms with Crippen molar-refractivity contribution in [1.82, 2.24) is 14.8 Å². The van der Waals surface area contributed by atoms with Gasteiger partial charge in [-0.2, -0.15) is 10.4 Å². The van der Waals surface area contributed by atoms with Crippen LogP contribution in [0.1, 0.15) is 34.0 Å². The number of nitrogens with zero attached hydrogens (tertiary/aromatic N) is 4. The molecule has 0 fully saturated rings. The quantitative estimate of drug-likeness (QED) is 0.592. The van der Waals surface area contributed by atoms with E-state index in [9.17, 15) is 23.9 Å². The van der Waals surface area contributed by atoms with Gasteiger partial charge in [0.1, 0.15) is 17.7 Å². The third-order valence-electron chi connectivity index (χ3n) is 6.24. The number of fused-ring (bicyclic) bond motifs is 2. The summed E-state index contributed by atoms with van der Waals surface area (Å²) in [5.74, 6) is -1.42. The van der Waals surface area contributed by atoms with Crippen LogP contribution in [-0.2, 0) is 29.0 Å². The van der Waals surface area contributed by atoms with Gasteiger partial charge in [0.25, 0.3) is 0 Å². The number of hydrogen-bond acceptors (Lipinski definition) is 7. The number of aliphatic hydroxyl groups is 1. The third-order valence-corrected chi connectivity index (χ3v) is 6.24. The highest BCUT2D eigenvalue weighted by molar-refractivity contribution is 5.66. The van der Waals surface area contributed by atoms with Gasteiger partial charge in [0.05, 0.1) is 37.1 Å². The van der Waals surface area contributed by atoms with E-state index in [1.165, 1.54) is 18.2 Å². The van der Waals surface area contributed by atoms with E-state index in [2.05, 4.69) is 10.8 Å². The van der Waals surface area contributed by atoms with Gasteiger partial charge in [-0.25, -0.2) is 13.6 Å². The van der Waals surface area contributed by atoms with Crippen LogP contribution in [0.5, 0.6) is 0 Å². The lowest BCUT2D eigenvalue weighted by molar-refractivity contribution is -0.134. The summed E-state index contributed by atoms with van der Waals surface area (Å²) in [6.45, 7) is 0.516. The lowest BCUT2D eigenvalue weighted by Gasteiger charge is -2.27. The monoisotopic (exact) mass is 466 g/mol. The molecule has 0 saturated carbocycles. The van der Waals surface area contributed by atoms with Crippen LogP contribution >= 0.6 is 0 Å². The Morgan fingerprint density at radius 2 is 2.09 bits per heavy atom. The Morgan fingerprint density at radius 3 is 2.85 bits per heavy atom. The van der Waals surface area contributed by atoms with E-state index in [4.69, 9.17) is 9.94 Å². The minimum atomic E-state index is -1.00. The van der Waals surface area contributed by atoms with Crippen LogP contribution in [0.2, 0.25) is 0 Å². The summed E-state index contributed by atoms with van der Waals surface area (Å²) in [6.07, 6.45) is -1.42. The zero-order valence-corrected chi connectivity index (χ0v) is 18.2. The number of carbonyl (C=O) groups is 1. The van der Waals surface area contributed by atoms with Gasteiger partial charge in [-0.15, -0.1) is 5.06 Å². The Hall–Kier alpha value is -3.81. The van der Waals surface area contributed by atoms with Crippen LogP contribution in [0.4, 0.5) is 13.6 Å². The maximum Gasteiger partial charge on any atom is 0.527 e. The standard InChI is InChI=1S/C24H20F2N4O4/c1-33-24(32)34-29-6-5-20-18(12-29)22(14-4-2-3-13(7-14)11-27)28-30(20)23-17-8-15(25)9-19(26)16(17)10-21(23)31/h2-4,7-9,21,23,31H,5-6,10,12H2,1H3/t21-,23-/m1/s1. The fraction of sp³-hybridized carbons (Fsp3) is 0.292. The molecule has 0 saturated heterocycles. The van der Waals surface area contributed by atoms with Crippen LogP contribution in [-0.4, -0.2) is 45.9 Å². The molecule has 1 N–H and O–H groups in total. The number of hydroxylamine groups is 2. The molecule has 0 unspecified atom stereocenters. The largest absolute Gasteiger partial charge is 0.527 e. The molecular weight excluding hydrogens is 446 g/mol. The lowest BCUT2D eigenvalue weighted by atomic mass is 10.00. The van der Waals surface area contributed by atoms with E-state index in [0.717, 1.165) is 17.3 Å². The number of rotatable bonds is 3. The van der Waals surface area contributed by atoms with Gasteiger partial charge in [0.2, 0.25) is 0 Å². The number of methoxy groups -OCH3 is 1. The maximum absolute atomic E-state index is 14.4. The summed E-state index contributed by atoms with van der Waals surface area (Å²) in [6, 6.07) is 10.2. The van der Waals surface area contributed by atoms with E-state index >= 15 is 0 Å². The maximum atomic E-state index is 14.4. The second-order valence-corrected chi connectivity index (χ2v) is 8.24. The first kappa shape index (κ1) is 22.0. The molecule has 2 heterocycles. The summed E-state index contributed by atoms with van der Waals surface area (Å²) < 4.78 is 34.7. The number of nitriles is 1. The van der Waals surface area contributed by atoms with Gasteiger partial charge in [-0.3, -0.25) is 4.68 Å². The number of aromatic nitrogens is 2. The molecule has 34 heavy (non-hydrogen) atoms. The molecular formula is C24H20F2N4O4. The normalized spacial score (nSPS) is 19.3. The van der Waals surface area contributed by atoms with Crippen molar-refractivity contribution in [3.8, 4) is 17.3 Å². The Bertz CT molecular complexity index is 1330. The summed E-state index contributed by atoms with van der Waals surface area (Å²) >= 11 is 0. The predicted molar refractivity (Wildman–Crippen MR) is 114 cm³/mol. The number of ether oxygens (including phenoxy) is 1. The molecule has 2 aromatic carbocycles. The van der Waals surface area contributed by atoms with Gasteiger partial charge in [-0.05, 0) is 29.3 Å². The molecule has 0 amide bonds. The van der Waals surface area contributed by atoms with Crippen molar-refractivity contribution in [2.45, 2.75) is 31.5 Å². The van der Waals surface area contributed by atoms with E-state index in [1.54, 1.807) is 28.9 Å². The highest BCUT2D eigenvalue weighted by atomic mass is 19.1. The molecule has 1 aliphatic heterocycles. The fourth-order valence-corrected chi connectivity index (χ4v) is 4.77. The van der Waals surface area contributed by atoms with Gasteiger partial charge in [-0.1, -0.05) is 12.1 Å². The zero-order chi connectivity index (χ0) is 24.0. The zero-order valence-electron chi connectivity index (χ0n) is 18.2. The van der Waals surface area contributed by atoms with Crippen LogP contribution in [0.3, 0.4) is 0 Å². The smallest absolute Gasteiger partial charge is 0.436 e. The van der Waals surface area contributed by atoms with E-state index < -0.39 is 29.9 Å². The first-order valence-electron chi connectivity index (χ1n) is 10.7. The van der Waals surface area contributed by atoms with Crippen LogP contribution in [0.15, 0.2) is 36.4 Å². The van der Waals surface area contributed by atoms with Crippen molar-refractivity contribution >= 4 is 6.16 Å².